The van der Waals surface area contributed by atoms with Crippen molar-refractivity contribution in [1.82, 2.24) is 19.7 Å². The highest BCUT2D eigenvalue weighted by Crippen LogP contribution is 2.39. The predicted octanol–water partition coefficient (Wildman–Crippen LogP) is 3.41. The summed E-state index contributed by atoms with van der Waals surface area (Å²) in [7, 11) is 3.87. The normalized spacial score (nSPS) is 13.8. The molecule has 33 heavy (non-hydrogen) atoms. The maximum absolute atomic E-state index is 13.5. The van der Waals surface area contributed by atoms with E-state index in [4.69, 9.17) is 5.73 Å². The van der Waals surface area contributed by atoms with Crippen molar-refractivity contribution in [3.63, 3.8) is 0 Å². The number of carbonyl (C=O) groups excluding carboxylic acids is 2. The molecule has 3 aromatic rings. The molecular weight excluding hydrogens is 463 g/mol. The van der Waals surface area contributed by atoms with E-state index >= 15 is 0 Å². The number of nitrogens with two attached hydrogens (primary N) is 1. The molecule has 11 heteroatoms. The second kappa shape index (κ2) is 9.62. The van der Waals surface area contributed by atoms with E-state index in [1.165, 1.54) is 35.2 Å². The maximum Gasteiger partial charge on any atom is 0.251 e. The Balaban J connectivity index is 1.55. The SMILES string of the molecule is CC(c1nnc(SCC(=O)Nc2sc3c(c2C(N)=O)CCC3)n1-c1ccc(F)cc1)N(C)C. The highest BCUT2D eigenvalue weighted by Gasteiger charge is 2.27. The first-order chi connectivity index (χ1) is 15.8. The van der Waals surface area contributed by atoms with Gasteiger partial charge in [0.25, 0.3) is 5.91 Å². The molecule has 1 aliphatic rings. The van der Waals surface area contributed by atoms with E-state index in [0.717, 1.165) is 29.7 Å². The van der Waals surface area contributed by atoms with Gasteiger partial charge in [0, 0.05) is 10.6 Å². The first kappa shape index (κ1) is 23.4. The summed E-state index contributed by atoms with van der Waals surface area (Å²) in [6.45, 7) is 1.99. The lowest BCUT2D eigenvalue weighted by molar-refractivity contribution is -0.113. The zero-order valence-electron chi connectivity index (χ0n) is 18.6. The van der Waals surface area contributed by atoms with Crippen molar-refractivity contribution in [2.75, 3.05) is 25.2 Å². The first-order valence-electron chi connectivity index (χ1n) is 10.5. The number of aromatic nitrogens is 3. The summed E-state index contributed by atoms with van der Waals surface area (Å²) in [6.07, 6.45) is 2.71. The van der Waals surface area contributed by atoms with Gasteiger partial charge in [-0.25, -0.2) is 4.39 Å². The smallest absolute Gasteiger partial charge is 0.251 e. The number of thioether (sulfide) groups is 1. The molecule has 8 nitrogen and oxygen atoms in total. The van der Waals surface area contributed by atoms with Crippen LogP contribution in [-0.4, -0.2) is 51.3 Å². The van der Waals surface area contributed by atoms with Crippen LogP contribution in [0.2, 0.25) is 0 Å². The average Bonchev–Trinajstić information content (AvgIpc) is 3.46. The molecule has 3 N–H and O–H groups in total. The summed E-state index contributed by atoms with van der Waals surface area (Å²) in [5.41, 5.74) is 7.69. The van der Waals surface area contributed by atoms with Gasteiger partial charge in [-0.3, -0.25) is 19.1 Å². The van der Waals surface area contributed by atoms with Crippen LogP contribution >= 0.6 is 23.1 Å². The summed E-state index contributed by atoms with van der Waals surface area (Å²) < 4.78 is 15.3. The fraction of sp³-hybridized carbons (Fsp3) is 0.364. The number of thiophene rings is 1. The Bertz CT molecular complexity index is 1190. The molecule has 1 atom stereocenters. The molecule has 0 aliphatic heterocycles. The molecule has 0 saturated heterocycles. The maximum atomic E-state index is 13.5. The minimum Gasteiger partial charge on any atom is -0.365 e. The third-order valence-corrected chi connectivity index (χ3v) is 7.78. The summed E-state index contributed by atoms with van der Waals surface area (Å²) in [5.74, 6) is -0.374. The van der Waals surface area contributed by atoms with Crippen molar-refractivity contribution < 1.29 is 14.0 Å². The van der Waals surface area contributed by atoms with Crippen LogP contribution in [0.25, 0.3) is 5.69 Å². The van der Waals surface area contributed by atoms with Gasteiger partial charge in [-0.2, -0.15) is 0 Å². The number of hydrogen-bond acceptors (Lipinski definition) is 7. The zero-order valence-corrected chi connectivity index (χ0v) is 20.2. The third-order valence-electron chi connectivity index (χ3n) is 5.64. The van der Waals surface area contributed by atoms with E-state index in [1.807, 2.05) is 30.5 Å². The van der Waals surface area contributed by atoms with Crippen LogP contribution < -0.4 is 11.1 Å². The van der Waals surface area contributed by atoms with E-state index in [0.29, 0.717) is 27.2 Å². The highest BCUT2D eigenvalue weighted by atomic mass is 32.2. The second-order valence-electron chi connectivity index (χ2n) is 8.05. The van der Waals surface area contributed by atoms with Gasteiger partial charge in [0.05, 0.1) is 17.4 Å². The lowest BCUT2D eigenvalue weighted by atomic mass is 10.1. The van der Waals surface area contributed by atoms with Gasteiger partial charge in [0.2, 0.25) is 5.91 Å². The molecular formula is C22H25FN6O2S2. The number of aryl methyl sites for hydroxylation is 1. The van der Waals surface area contributed by atoms with Crippen LogP contribution in [0.3, 0.4) is 0 Å². The number of nitrogens with zero attached hydrogens (tertiary/aromatic N) is 4. The molecule has 0 bridgehead atoms. The van der Waals surface area contributed by atoms with E-state index in [1.54, 1.807) is 12.1 Å². The van der Waals surface area contributed by atoms with Crippen LogP contribution in [0.5, 0.6) is 0 Å². The van der Waals surface area contributed by atoms with Gasteiger partial charge in [-0.15, -0.1) is 21.5 Å². The van der Waals surface area contributed by atoms with Gasteiger partial charge in [-0.05, 0) is 70.1 Å². The van der Waals surface area contributed by atoms with Crippen molar-refractivity contribution in [2.24, 2.45) is 5.73 Å². The number of fused-ring (bicyclic) bond motifs is 1. The van der Waals surface area contributed by atoms with Crippen molar-refractivity contribution in [3.8, 4) is 5.69 Å². The van der Waals surface area contributed by atoms with Crippen molar-refractivity contribution in [2.45, 2.75) is 37.4 Å². The van der Waals surface area contributed by atoms with Gasteiger partial charge >= 0.3 is 0 Å². The third kappa shape index (κ3) is 4.80. The molecule has 2 heterocycles. The van der Waals surface area contributed by atoms with Crippen molar-refractivity contribution in [3.05, 3.63) is 51.9 Å². The first-order valence-corrected chi connectivity index (χ1v) is 12.3. The molecule has 0 spiro atoms. The number of halogens is 1. The number of hydrogen-bond donors (Lipinski definition) is 2. The van der Waals surface area contributed by atoms with Gasteiger partial charge in [-0.1, -0.05) is 11.8 Å². The summed E-state index contributed by atoms with van der Waals surface area (Å²) >= 11 is 2.65. The Morgan fingerprint density at radius 3 is 2.67 bits per heavy atom. The number of benzene rings is 1. The monoisotopic (exact) mass is 488 g/mol. The van der Waals surface area contributed by atoms with Crippen LogP contribution in [0.1, 0.15) is 46.0 Å². The molecule has 2 amide bonds. The van der Waals surface area contributed by atoms with Crippen LogP contribution in [0.4, 0.5) is 9.39 Å². The largest absolute Gasteiger partial charge is 0.365 e. The number of carbonyl (C=O) groups is 2. The summed E-state index contributed by atoms with van der Waals surface area (Å²) in [5, 5.41) is 12.5. The summed E-state index contributed by atoms with van der Waals surface area (Å²) in [6, 6.07) is 6.00. The van der Waals surface area contributed by atoms with E-state index < -0.39 is 5.91 Å². The zero-order chi connectivity index (χ0) is 23.7. The lowest BCUT2D eigenvalue weighted by Gasteiger charge is -2.20. The Morgan fingerprint density at radius 1 is 1.27 bits per heavy atom. The van der Waals surface area contributed by atoms with Gasteiger partial charge in [0.15, 0.2) is 11.0 Å². The highest BCUT2D eigenvalue weighted by molar-refractivity contribution is 7.99. The molecule has 0 saturated carbocycles. The van der Waals surface area contributed by atoms with Crippen LogP contribution in [-0.2, 0) is 17.6 Å². The molecule has 4 rings (SSSR count). The Morgan fingerprint density at radius 2 is 2.00 bits per heavy atom. The molecule has 0 radical (unpaired) electrons. The molecule has 1 aromatic carbocycles. The van der Waals surface area contributed by atoms with Crippen molar-refractivity contribution in [1.29, 1.82) is 0 Å². The van der Waals surface area contributed by atoms with E-state index in [2.05, 4.69) is 15.5 Å². The molecule has 0 fully saturated rings. The fourth-order valence-corrected chi connectivity index (χ4v) is 5.82. The number of rotatable bonds is 8. The quantitative estimate of drug-likeness (QED) is 0.471. The molecule has 2 aromatic heterocycles. The minimum atomic E-state index is -0.518. The van der Waals surface area contributed by atoms with Crippen molar-refractivity contribution >= 4 is 39.9 Å². The Labute approximate surface area is 199 Å². The number of nitrogens with one attached hydrogen (secondary N) is 1. The van der Waals surface area contributed by atoms with Crippen LogP contribution in [0, 0.1) is 5.82 Å². The number of primary amides is 1. The van der Waals surface area contributed by atoms with E-state index in [9.17, 15) is 14.0 Å². The summed E-state index contributed by atoms with van der Waals surface area (Å²) in [4.78, 5) is 27.8. The fourth-order valence-electron chi connectivity index (χ4n) is 3.75. The second-order valence-corrected chi connectivity index (χ2v) is 10.1. The molecule has 174 valence electrons. The predicted molar refractivity (Wildman–Crippen MR) is 128 cm³/mol. The van der Waals surface area contributed by atoms with Gasteiger partial charge in [0.1, 0.15) is 10.8 Å². The molecule has 1 aliphatic carbocycles. The number of anilines is 1. The standard InChI is InChI=1S/C22H25FN6O2S2/c1-12(28(2)3)20-26-27-22(29(20)14-9-7-13(23)8-10-14)32-11-17(30)25-21-18(19(24)31)15-5-4-6-16(15)33-21/h7-10,12H,4-6,11H2,1-3H3,(H2,24,31)(H,25,30). The Hall–Kier alpha value is -2.76. The minimum absolute atomic E-state index is 0.0580. The van der Waals surface area contributed by atoms with Crippen LogP contribution in [0.15, 0.2) is 29.4 Å². The Kier molecular flexibility index (Phi) is 6.82. The molecule has 1 unspecified atom stereocenters. The lowest BCUT2D eigenvalue weighted by Crippen LogP contribution is -2.21. The van der Waals surface area contributed by atoms with Gasteiger partial charge < -0.3 is 11.1 Å². The topological polar surface area (TPSA) is 106 Å². The number of amides is 2. The average molecular weight is 489 g/mol. The van der Waals surface area contributed by atoms with E-state index in [-0.39, 0.29) is 23.5 Å².